The quantitative estimate of drug-likeness (QED) is 0.851. The predicted octanol–water partition coefficient (Wildman–Crippen LogP) is 3.68. The van der Waals surface area contributed by atoms with Gasteiger partial charge in [0.15, 0.2) is 0 Å². The van der Waals surface area contributed by atoms with Gasteiger partial charge in [-0.1, -0.05) is 29.8 Å². The van der Waals surface area contributed by atoms with Crippen LogP contribution in [0.5, 0.6) is 0 Å². The van der Waals surface area contributed by atoms with E-state index in [2.05, 4.69) is 52.4 Å². The van der Waals surface area contributed by atoms with Gasteiger partial charge in [0.1, 0.15) is 5.76 Å². The highest BCUT2D eigenvalue weighted by Gasteiger charge is 2.01. The zero-order valence-electron chi connectivity index (χ0n) is 9.87. The molecule has 3 heteroatoms. The molecule has 2 rings (SSSR count). The van der Waals surface area contributed by atoms with E-state index in [1.165, 1.54) is 11.1 Å². The first-order valence-corrected chi connectivity index (χ1v) is 6.53. The molecule has 2 aromatic rings. The van der Waals surface area contributed by atoms with E-state index >= 15 is 0 Å². The summed E-state index contributed by atoms with van der Waals surface area (Å²) < 4.78 is 6.35. The van der Waals surface area contributed by atoms with E-state index in [1.54, 1.807) is 6.26 Å². The van der Waals surface area contributed by atoms with Crippen LogP contribution in [0.15, 0.2) is 45.5 Å². The van der Waals surface area contributed by atoms with Gasteiger partial charge < -0.3 is 9.73 Å². The summed E-state index contributed by atoms with van der Waals surface area (Å²) in [7, 11) is 0. The number of hydrogen-bond donors (Lipinski definition) is 1. The fraction of sp³-hybridized carbons (Fsp3) is 0.286. The van der Waals surface area contributed by atoms with Crippen LogP contribution in [-0.2, 0) is 13.0 Å². The topological polar surface area (TPSA) is 25.2 Å². The van der Waals surface area contributed by atoms with Crippen molar-refractivity contribution in [2.45, 2.75) is 19.9 Å². The van der Waals surface area contributed by atoms with Crippen molar-refractivity contribution >= 4 is 15.9 Å². The number of furan rings is 1. The van der Waals surface area contributed by atoms with Crippen LogP contribution in [0.4, 0.5) is 0 Å². The van der Waals surface area contributed by atoms with Crippen LogP contribution >= 0.6 is 15.9 Å². The van der Waals surface area contributed by atoms with Crippen molar-refractivity contribution in [1.82, 2.24) is 5.32 Å². The summed E-state index contributed by atoms with van der Waals surface area (Å²) in [5, 5.41) is 3.37. The zero-order valence-corrected chi connectivity index (χ0v) is 11.5. The number of rotatable bonds is 5. The lowest BCUT2D eigenvalue weighted by Gasteiger charge is -2.04. The molecule has 90 valence electrons. The van der Waals surface area contributed by atoms with Gasteiger partial charge in [-0.05, 0) is 47.4 Å². The van der Waals surface area contributed by atoms with E-state index in [9.17, 15) is 0 Å². The van der Waals surface area contributed by atoms with Crippen molar-refractivity contribution < 1.29 is 4.42 Å². The molecular weight excluding hydrogens is 278 g/mol. The fourth-order valence-electron chi connectivity index (χ4n) is 1.75. The Labute approximate surface area is 110 Å². The van der Waals surface area contributed by atoms with Crippen LogP contribution < -0.4 is 5.32 Å². The first kappa shape index (κ1) is 12.4. The molecule has 17 heavy (non-hydrogen) atoms. The molecule has 0 spiro atoms. The smallest absolute Gasteiger partial charge is 0.131 e. The van der Waals surface area contributed by atoms with Crippen LogP contribution in [-0.4, -0.2) is 6.54 Å². The summed E-state index contributed by atoms with van der Waals surface area (Å²) >= 11 is 3.44. The van der Waals surface area contributed by atoms with Crippen LogP contribution in [0.1, 0.15) is 16.9 Å². The van der Waals surface area contributed by atoms with Crippen LogP contribution in [0.25, 0.3) is 0 Å². The summed E-state index contributed by atoms with van der Waals surface area (Å²) in [5.74, 6) is 0.953. The molecule has 0 aliphatic rings. The lowest BCUT2D eigenvalue weighted by Crippen LogP contribution is -2.16. The molecule has 0 saturated carbocycles. The molecule has 1 aromatic carbocycles. The Kier molecular flexibility index (Phi) is 4.40. The van der Waals surface area contributed by atoms with Gasteiger partial charge in [-0.2, -0.15) is 0 Å². The van der Waals surface area contributed by atoms with Gasteiger partial charge in [-0.15, -0.1) is 0 Å². The van der Waals surface area contributed by atoms with Crippen molar-refractivity contribution in [2.24, 2.45) is 0 Å². The van der Waals surface area contributed by atoms with Crippen molar-refractivity contribution in [3.8, 4) is 0 Å². The third-order valence-corrected chi connectivity index (χ3v) is 3.36. The Morgan fingerprint density at radius 3 is 2.88 bits per heavy atom. The van der Waals surface area contributed by atoms with E-state index in [-0.39, 0.29) is 0 Å². The van der Waals surface area contributed by atoms with Gasteiger partial charge >= 0.3 is 0 Å². The summed E-state index contributed by atoms with van der Waals surface area (Å²) in [5.41, 5.74) is 2.69. The molecule has 0 bridgehead atoms. The molecule has 0 aliphatic heterocycles. The molecule has 0 radical (unpaired) electrons. The van der Waals surface area contributed by atoms with Crippen molar-refractivity contribution in [2.75, 3.05) is 6.54 Å². The van der Waals surface area contributed by atoms with Crippen LogP contribution in [0, 0.1) is 6.92 Å². The largest absolute Gasteiger partial charge is 0.467 e. The minimum absolute atomic E-state index is 0.763. The summed E-state index contributed by atoms with van der Waals surface area (Å²) in [6, 6.07) is 10.5. The second-order valence-electron chi connectivity index (χ2n) is 4.11. The molecule has 0 saturated heterocycles. The minimum Gasteiger partial charge on any atom is -0.467 e. The molecule has 0 unspecified atom stereocenters. The maximum atomic E-state index is 5.33. The Hall–Kier alpha value is -1.06. The monoisotopic (exact) mass is 293 g/mol. The van der Waals surface area contributed by atoms with Crippen LogP contribution in [0.3, 0.4) is 0 Å². The fourth-order valence-corrected chi connectivity index (χ4v) is 2.10. The molecular formula is C14H16BrNO. The number of nitrogens with one attached hydrogen (secondary N) is 1. The van der Waals surface area contributed by atoms with E-state index in [1.807, 2.05) is 6.07 Å². The third-order valence-electron chi connectivity index (χ3n) is 2.65. The Morgan fingerprint density at radius 2 is 2.18 bits per heavy atom. The molecule has 2 nitrogen and oxygen atoms in total. The number of aryl methyl sites for hydroxylation is 1. The van der Waals surface area contributed by atoms with Crippen molar-refractivity contribution in [1.29, 1.82) is 0 Å². The van der Waals surface area contributed by atoms with Crippen molar-refractivity contribution in [3.05, 3.63) is 58.0 Å². The van der Waals surface area contributed by atoms with E-state index in [0.29, 0.717) is 0 Å². The lowest BCUT2D eigenvalue weighted by atomic mass is 10.1. The second kappa shape index (κ2) is 6.03. The summed E-state index contributed by atoms with van der Waals surface area (Å²) in [6.45, 7) is 3.84. The predicted molar refractivity (Wildman–Crippen MR) is 73.0 cm³/mol. The van der Waals surface area contributed by atoms with E-state index in [4.69, 9.17) is 4.42 Å². The molecule has 1 N–H and O–H groups in total. The highest BCUT2D eigenvalue weighted by atomic mass is 79.9. The molecule has 1 aromatic heterocycles. The standard InChI is InChI=1S/C14H16BrNO/c1-11-3-2-4-12(9-11)5-7-16-10-14-13(15)6-8-17-14/h2-4,6,8-9,16H,5,7,10H2,1H3. The van der Waals surface area contributed by atoms with E-state index in [0.717, 1.165) is 29.7 Å². The first-order valence-electron chi connectivity index (χ1n) is 5.74. The minimum atomic E-state index is 0.763. The third kappa shape index (κ3) is 3.72. The molecule has 0 amide bonds. The van der Waals surface area contributed by atoms with E-state index < -0.39 is 0 Å². The number of hydrogen-bond acceptors (Lipinski definition) is 2. The Morgan fingerprint density at radius 1 is 1.29 bits per heavy atom. The van der Waals surface area contributed by atoms with Crippen molar-refractivity contribution in [3.63, 3.8) is 0 Å². The van der Waals surface area contributed by atoms with Gasteiger partial charge in [-0.3, -0.25) is 0 Å². The van der Waals surface area contributed by atoms with Gasteiger partial charge in [-0.25, -0.2) is 0 Å². The Bertz CT molecular complexity index is 479. The van der Waals surface area contributed by atoms with Gasteiger partial charge in [0.25, 0.3) is 0 Å². The normalized spacial score (nSPS) is 10.7. The number of halogens is 1. The molecule has 0 atom stereocenters. The zero-order chi connectivity index (χ0) is 12.1. The lowest BCUT2D eigenvalue weighted by molar-refractivity contribution is 0.482. The summed E-state index contributed by atoms with van der Waals surface area (Å²) in [6.07, 6.45) is 2.74. The second-order valence-corrected chi connectivity index (χ2v) is 4.96. The van der Waals surface area contributed by atoms with Gasteiger partial charge in [0.05, 0.1) is 17.3 Å². The maximum Gasteiger partial charge on any atom is 0.131 e. The average Bonchev–Trinajstić information content (AvgIpc) is 2.71. The first-order chi connectivity index (χ1) is 8.25. The highest BCUT2D eigenvalue weighted by molar-refractivity contribution is 9.10. The molecule has 1 heterocycles. The van der Waals surface area contributed by atoms with Gasteiger partial charge in [0, 0.05) is 0 Å². The molecule has 0 fully saturated rings. The highest BCUT2D eigenvalue weighted by Crippen LogP contribution is 2.16. The molecule has 0 aliphatic carbocycles. The summed E-state index contributed by atoms with van der Waals surface area (Å²) in [4.78, 5) is 0. The number of benzene rings is 1. The Balaban J connectivity index is 1.75. The van der Waals surface area contributed by atoms with Crippen LogP contribution in [0.2, 0.25) is 0 Å². The average molecular weight is 294 g/mol. The maximum absolute atomic E-state index is 5.33. The SMILES string of the molecule is Cc1cccc(CCNCc2occc2Br)c1. The van der Waals surface area contributed by atoms with Gasteiger partial charge in [0.2, 0.25) is 0 Å².